The predicted octanol–water partition coefficient (Wildman–Crippen LogP) is 2.55. The van der Waals surface area contributed by atoms with Gasteiger partial charge in [-0.1, -0.05) is 0 Å². The monoisotopic (exact) mass is 403 g/mol. The molecule has 0 bridgehead atoms. The van der Waals surface area contributed by atoms with Gasteiger partial charge in [-0.15, -0.1) is 11.3 Å². The molecular weight excluding hydrogens is 374 g/mol. The Morgan fingerprint density at radius 2 is 1.86 bits per heavy atom. The summed E-state index contributed by atoms with van der Waals surface area (Å²) in [7, 11) is 0. The summed E-state index contributed by atoms with van der Waals surface area (Å²) in [5, 5.41) is 4.82. The fourth-order valence-corrected chi connectivity index (χ4v) is 5.63. The standard InChI is InChI=1S/C21H29N3O3S/c1-14(25)19-11-16(13-28-19)20(26)22-17-6-4-15(5-7-17)21(27)24-10-9-23-8-2-3-18(23)12-24/h11,13,15,17-18H,2-10,12H2,1H3,(H,22,26). The number of ketones is 1. The Morgan fingerprint density at radius 1 is 1.07 bits per heavy atom. The first-order valence-corrected chi connectivity index (χ1v) is 11.3. The van der Waals surface area contributed by atoms with Gasteiger partial charge in [0, 0.05) is 43.0 Å². The third-order valence-electron chi connectivity index (χ3n) is 6.52. The molecule has 0 radical (unpaired) electrons. The van der Waals surface area contributed by atoms with E-state index in [1.165, 1.54) is 37.6 Å². The van der Waals surface area contributed by atoms with Crippen LogP contribution in [0.2, 0.25) is 0 Å². The van der Waals surface area contributed by atoms with Gasteiger partial charge < -0.3 is 10.2 Å². The fraction of sp³-hybridized carbons (Fsp3) is 0.667. The van der Waals surface area contributed by atoms with Crippen LogP contribution in [0.4, 0.5) is 0 Å². The molecule has 1 aromatic heterocycles. The van der Waals surface area contributed by atoms with E-state index in [4.69, 9.17) is 0 Å². The third kappa shape index (κ3) is 4.15. The number of fused-ring (bicyclic) bond motifs is 1. The summed E-state index contributed by atoms with van der Waals surface area (Å²) in [5.41, 5.74) is 0.558. The lowest BCUT2D eigenvalue weighted by molar-refractivity contribution is -0.139. The van der Waals surface area contributed by atoms with Crippen molar-refractivity contribution >= 4 is 28.9 Å². The second-order valence-corrected chi connectivity index (χ2v) is 9.31. The van der Waals surface area contributed by atoms with Crippen molar-refractivity contribution < 1.29 is 14.4 Å². The summed E-state index contributed by atoms with van der Waals surface area (Å²) in [5.74, 6) is 0.296. The average Bonchev–Trinajstić information content (AvgIpc) is 3.37. The maximum Gasteiger partial charge on any atom is 0.252 e. The Balaban J connectivity index is 1.25. The van der Waals surface area contributed by atoms with Crippen molar-refractivity contribution in [1.82, 2.24) is 15.1 Å². The van der Waals surface area contributed by atoms with E-state index in [9.17, 15) is 14.4 Å². The molecule has 152 valence electrons. The first-order chi connectivity index (χ1) is 13.5. The second-order valence-electron chi connectivity index (χ2n) is 8.39. The highest BCUT2D eigenvalue weighted by molar-refractivity contribution is 7.12. The summed E-state index contributed by atoms with van der Waals surface area (Å²) in [6.45, 7) is 5.48. The number of carbonyl (C=O) groups excluding carboxylic acids is 3. The van der Waals surface area contributed by atoms with Crippen LogP contribution in [-0.2, 0) is 4.79 Å². The number of Topliss-reactive ketones (excluding diaryl/α,β-unsaturated/α-hetero) is 1. The number of rotatable bonds is 4. The Kier molecular flexibility index (Phi) is 5.83. The van der Waals surface area contributed by atoms with E-state index in [0.717, 1.165) is 45.3 Å². The lowest BCUT2D eigenvalue weighted by atomic mass is 9.84. The minimum absolute atomic E-state index is 0.0125. The molecule has 2 amide bonds. The average molecular weight is 404 g/mol. The predicted molar refractivity (Wildman–Crippen MR) is 109 cm³/mol. The van der Waals surface area contributed by atoms with Crippen molar-refractivity contribution in [3.63, 3.8) is 0 Å². The SMILES string of the molecule is CC(=O)c1cc(C(=O)NC2CCC(C(=O)N3CCN4CCCC4C3)CC2)cs1. The molecule has 3 aliphatic rings. The van der Waals surface area contributed by atoms with Gasteiger partial charge in [-0.05, 0) is 58.1 Å². The number of hydrogen-bond donors (Lipinski definition) is 1. The van der Waals surface area contributed by atoms with Crippen molar-refractivity contribution in [3.8, 4) is 0 Å². The summed E-state index contributed by atoms with van der Waals surface area (Å²) in [6, 6.07) is 2.35. The fourth-order valence-electron chi connectivity index (χ4n) is 4.84. The second kappa shape index (κ2) is 8.33. The molecule has 1 aromatic rings. The number of nitrogens with zero attached hydrogens (tertiary/aromatic N) is 2. The molecule has 0 aromatic carbocycles. The van der Waals surface area contributed by atoms with Crippen LogP contribution < -0.4 is 5.32 Å². The van der Waals surface area contributed by atoms with Crippen LogP contribution in [0.25, 0.3) is 0 Å². The third-order valence-corrected chi connectivity index (χ3v) is 7.55. The smallest absolute Gasteiger partial charge is 0.252 e. The molecule has 3 heterocycles. The Hall–Kier alpha value is -1.73. The van der Waals surface area contributed by atoms with Gasteiger partial charge in [0.05, 0.1) is 10.4 Å². The van der Waals surface area contributed by atoms with Gasteiger partial charge in [0.2, 0.25) is 5.91 Å². The van der Waals surface area contributed by atoms with E-state index in [0.29, 0.717) is 22.4 Å². The largest absolute Gasteiger partial charge is 0.349 e. The summed E-state index contributed by atoms with van der Waals surface area (Å²) < 4.78 is 0. The number of nitrogens with one attached hydrogen (secondary N) is 1. The van der Waals surface area contributed by atoms with Crippen LogP contribution in [0, 0.1) is 5.92 Å². The number of hydrogen-bond acceptors (Lipinski definition) is 5. The number of amides is 2. The summed E-state index contributed by atoms with van der Waals surface area (Å²) >= 11 is 1.31. The molecule has 1 unspecified atom stereocenters. The maximum absolute atomic E-state index is 12.9. The topological polar surface area (TPSA) is 69.7 Å². The molecule has 4 rings (SSSR count). The quantitative estimate of drug-likeness (QED) is 0.785. The van der Waals surface area contributed by atoms with E-state index in [2.05, 4.69) is 15.1 Å². The van der Waals surface area contributed by atoms with Crippen LogP contribution in [0.3, 0.4) is 0 Å². The van der Waals surface area contributed by atoms with Gasteiger partial charge in [-0.2, -0.15) is 0 Å². The van der Waals surface area contributed by atoms with E-state index in [-0.39, 0.29) is 23.7 Å². The van der Waals surface area contributed by atoms with Gasteiger partial charge in [0.15, 0.2) is 5.78 Å². The molecule has 1 atom stereocenters. The van der Waals surface area contributed by atoms with Crippen LogP contribution in [0.15, 0.2) is 11.4 Å². The lowest BCUT2D eigenvalue weighted by Crippen LogP contribution is -2.53. The highest BCUT2D eigenvalue weighted by Gasteiger charge is 2.36. The first-order valence-electron chi connectivity index (χ1n) is 10.4. The van der Waals surface area contributed by atoms with Gasteiger partial charge in [0.25, 0.3) is 5.91 Å². The number of piperazine rings is 1. The molecule has 0 spiro atoms. The normalized spacial score (nSPS) is 28.0. The van der Waals surface area contributed by atoms with Crippen LogP contribution in [0.1, 0.15) is 65.5 Å². The Bertz CT molecular complexity index is 754. The number of thiophene rings is 1. The highest BCUT2D eigenvalue weighted by Crippen LogP contribution is 2.29. The Labute approximate surface area is 170 Å². The number of carbonyl (C=O) groups is 3. The van der Waals surface area contributed by atoms with Crippen molar-refractivity contribution in [3.05, 3.63) is 21.9 Å². The first kappa shape index (κ1) is 19.6. The van der Waals surface area contributed by atoms with E-state index in [1.807, 2.05) is 0 Å². The van der Waals surface area contributed by atoms with Crippen LogP contribution in [-0.4, -0.2) is 65.7 Å². The minimum atomic E-state index is -0.115. The van der Waals surface area contributed by atoms with Gasteiger partial charge in [-0.3, -0.25) is 19.3 Å². The van der Waals surface area contributed by atoms with Crippen LogP contribution >= 0.6 is 11.3 Å². The molecule has 6 nitrogen and oxygen atoms in total. The summed E-state index contributed by atoms with van der Waals surface area (Å²) in [4.78, 5) is 42.0. The van der Waals surface area contributed by atoms with Crippen molar-refractivity contribution in [2.75, 3.05) is 26.2 Å². The molecule has 2 aliphatic heterocycles. The zero-order chi connectivity index (χ0) is 19.7. The van der Waals surface area contributed by atoms with E-state index < -0.39 is 0 Å². The van der Waals surface area contributed by atoms with E-state index >= 15 is 0 Å². The van der Waals surface area contributed by atoms with Gasteiger partial charge >= 0.3 is 0 Å². The molecule has 3 fully saturated rings. The maximum atomic E-state index is 12.9. The zero-order valence-corrected chi connectivity index (χ0v) is 17.3. The van der Waals surface area contributed by atoms with Crippen molar-refractivity contribution in [2.45, 2.75) is 57.5 Å². The minimum Gasteiger partial charge on any atom is -0.349 e. The molecule has 28 heavy (non-hydrogen) atoms. The molecule has 1 saturated carbocycles. The molecule has 2 saturated heterocycles. The molecule has 7 heteroatoms. The highest BCUT2D eigenvalue weighted by atomic mass is 32.1. The van der Waals surface area contributed by atoms with Gasteiger partial charge in [0.1, 0.15) is 0 Å². The van der Waals surface area contributed by atoms with Crippen molar-refractivity contribution in [2.24, 2.45) is 5.92 Å². The van der Waals surface area contributed by atoms with Crippen LogP contribution in [0.5, 0.6) is 0 Å². The summed E-state index contributed by atoms with van der Waals surface area (Å²) in [6.07, 6.45) is 5.85. The Morgan fingerprint density at radius 3 is 2.57 bits per heavy atom. The van der Waals surface area contributed by atoms with Gasteiger partial charge in [-0.25, -0.2) is 0 Å². The molecular formula is C21H29N3O3S. The molecule has 1 N–H and O–H groups in total. The zero-order valence-electron chi connectivity index (χ0n) is 16.5. The molecule has 1 aliphatic carbocycles. The van der Waals surface area contributed by atoms with E-state index in [1.54, 1.807) is 11.4 Å². The van der Waals surface area contributed by atoms with Crippen molar-refractivity contribution in [1.29, 1.82) is 0 Å². The lowest BCUT2D eigenvalue weighted by Gasteiger charge is -2.40.